The van der Waals surface area contributed by atoms with Crippen molar-refractivity contribution in [3.63, 3.8) is 0 Å². The molecule has 2 aliphatic heterocycles. The summed E-state index contributed by atoms with van der Waals surface area (Å²) in [6.07, 6.45) is 6.50. The van der Waals surface area contributed by atoms with Gasteiger partial charge < -0.3 is 25.4 Å². The highest BCUT2D eigenvalue weighted by Gasteiger charge is 2.25. The zero-order valence-corrected chi connectivity index (χ0v) is 16.0. The number of nitrogens with one attached hydrogen (secondary N) is 1. The molecule has 2 saturated heterocycles. The van der Waals surface area contributed by atoms with Crippen LogP contribution in [0.2, 0.25) is 0 Å². The van der Waals surface area contributed by atoms with Crippen molar-refractivity contribution in [2.24, 2.45) is 5.73 Å². The van der Waals surface area contributed by atoms with Gasteiger partial charge in [-0.2, -0.15) is 4.98 Å². The van der Waals surface area contributed by atoms with E-state index in [2.05, 4.69) is 30.3 Å². The van der Waals surface area contributed by atoms with Crippen LogP contribution in [-0.2, 0) is 6.42 Å². The first-order chi connectivity index (χ1) is 13.6. The molecular weight excluding hydrogens is 360 g/mol. The summed E-state index contributed by atoms with van der Waals surface area (Å²) in [6, 6.07) is 0.832. The van der Waals surface area contributed by atoms with Crippen molar-refractivity contribution in [1.82, 2.24) is 25.4 Å². The number of piperidine rings is 1. The molecule has 0 aromatic carbocycles. The normalized spacial score (nSPS) is 20.6. The van der Waals surface area contributed by atoms with Crippen molar-refractivity contribution in [1.29, 1.82) is 0 Å². The summed E-state index contributed by atoms with van der Waals surface area (Å²) in [5, 5.41) is 7.01. The van der Waals surface area contributed by atoms with Gasteiger partial charge in [-0.1, -0.05) is 12.1 Å². The summed E-state index contributed by atoms with van der Waals surface area (Å²) in [4.78, 5) is 29.7. The van der Waals surface area contributed by atoms with Gasteiger partial charge in [0.1, 0.15) is 0 Å². The van der Waals surface area contributed by atoms with Crippen molar-refractivity contribution in [3.05, 3.63) is 23.8 Å². The van der Waals surface area contributed by atoms with Crippen LogP contribution in [0, 0.1) is 0 Å². The molecule has 0 saturated carbocycles. The zero-order valence-electron chi connectivity index (χ0n) is 16.0. The van der Waals surface area contributed by atoms with Gasteiger partial charge in [-0.25, -0.2) is 9.97 Å². The van der Waals surface area contributed by atoms with E-state index in [4.69, 9.17) is 10.3 Å². The molecule has 0 bridgehead atoms. The van der Waals surface area contributed by atoms with Crippen LogP contribution in [-0.4, -0.2) is 64.3 Å². The van der Waals surface area contributed by atoms with E-state index in [9.17, 15) is 4.79 Å². The predicted octanol–water partition coefficient (Wildman–Crippen LogP) is 0.358. The Morgan fingerprint density at radius 3 is 2.54 bits per heavy atom. The lowest BCUT2D eigenvalue weighted by atomic mass is 10.1. The van der Waals surface area contributed by atoms with E-state index in [1.54, 1.807) is 12.4 Å². The lowest BCUT2D eigenvalue weighted by Crippen LogP contribution is -2.44. The first-order valence-corrected chi connectivity index (χ1v) is 9.83. The third kappa shape index (κ3) is 4.06. The lowest BCUT2D eigenvalue weighted by Gasteiger charge is -2.30. The van der Waals surface area contributed by atoms with Crippen LogP contribution in [0.25, 0.3) is 0 Å². The second-order valence-electron chi connectivity index (χ2n) is 7.35. The minimum Gasteiger partial charge on any atom is -0.349 e. The average molecular weight is 386 g/mol. The van der Waals surface area contributed by atoms with Crippen LogP contribution in [0.3, 0.4) is 0 Å². The molecule has 150 valence electrons. The number of carbonyl (C=O) groups excluding carboxylic acids is 1. The van der Waals surface area contributed by atoms with Crippen LogP contribution in [0.15, 0.2) is 16.9 Å². The third-order valence-electron chi connectivity index (χ3n) is 5.28. The van der Waals surface area contributed by atoms with Crippen molar-refractivity contribution in [2.75, 3.05) is 36.0 Å². The first kappa shape index (κ1) is 18.6. The maximum Gasteiger partial charge on any atom is 0.324 e. The molecule has 10 heteroatoms. The van der Waals surface area contributed by atoms with Gasteiger partial charge >= 0.3 is 6.01 Å². The van der Waals surface area contributed by atoms with Gasteiger partial charge in [0.15, 0.2) is 5.82 Å². The fraction of sp³-hybridized carbons (Fsp3) is 0.611. The number of nitrogens with zero attached hydrogens (tertiary/aromatic N) is 6. The van der Waals surface area contributed by atoms with E-state index >= 15 is 0 Å². The number of amides is 1. The molecular formula is C18H26N8O2. The SMILES string of the molecule is CCc1noc(N2CCC(NC(=O)c3cnc(N4CC[C@@H](N)C4)nc3)CC2)n1. The maximum atomic E-state index is 12.5. The van der Waals surface area contributed by atoms with Crippen molar-refractivity contribution >= 4 is 17.9 Å². The van der Waals surface area contributed by atoms with Gasteiger partial charge in [0.05, 0.1) is 5.56 Å². The zero-order chi connectivity index (χ0) is 19.5. The maximum absolute atomic E-state index is 12.5. The molecule has 0 aliphatic carbocycles. The molecule has 2 fully saturated rings. The number of aromatic nitrogens is 4. The number of hydrogen-bond donors (Lipinski definition) is 2. The molecule has 0 radical (unpaired) electrons. The number of aryl methyl sites for hydroxylation is 1. The third-order valence-corrected chi connectivity index (χ3v) is 5.28. The summed E-state index contributed by atoms with van der Waals surface area (Å²) in [6.45, 7) is 5.13. The quantitative estimate of drug-likeness (QED) is 0.749. The molecule has 0 unspecified atom stereocenters. The van der Waals surface area contributed by atoms with Crippen LogP contribution in [0.1, 0.15) is 42.4 Å². The summed E-state index contributed by atoms with van der Waals surface area (Å²) < 4.78 is 5.29. The molecule has 3 N–H and O–H groups in total. The van der Waals surface area contributed by atoms with Crippen LogP contribution >= 0.6 is 0 Å². The second-order valence-corrected chi connectivity index (χ2v) is 7.35. The molecule has 2 aromatic heterocycles. The molecule has 4 rings (SSSR count). The molecule has 4 heterocycles. The van der Waals surface area contributed by atoms with E-state index in [0.29, 0.717) is 23.4 Å². The molecule has 1 atom stereocenters. The molecule has 2 aliphatic rings. The number of nitrogens with two attached hydrogens (primary N) is 1. The Morgan fingerprint density at radius 1 is 1.21 bits per heavy atom. The van der Waals surface area contributed by atoms with Crippen LogP contribution in [0.5, 0.6) is 0 Å². The number of carbonyl (C=O) groups is 1. The molecule has 2 aromatic rings. The van der Waals surface area contributed by atoms with Gasteiger partial charge in [-0.05, 0) is 19.3 Å². The Hall–Kier alpha value is -2.75. The Morgan fingerprint density at radius 2 is 1.93 bits per heavy atom. The minimum atomic E-state index is -0.144. The Kier molecular flexibility index (Phi) is 5.38. The molecule has 10 nitrogen and oxygen atoms in total. The van der Waals surface area contributed by atoms with E-state index in [0.717, 1.165) is 51.9 Å². The van der Waals surface area contributed by atoms with Crippen molar-refractivity contribution in [3.8, 4) is 0 Å². The fourth-order valence-electron chi connectivity index (χ4n) is 3.57. The van der Waals surface area contributed by atoms with Crippen LogP contribution in [0.4, 0.5) is 12.0 Å². The van der Waals surface area contributed by atoms with Gasteiger partial charge in [-0.3, -0.25) is 4.79 Å². The summed E-state index contributed by atoms with van der Waals surface area (Å²) in [5.74, 6) is 1.20. The van der Waals surface area contributed by atoms with E-state index in [-0.39, 0.29) is 18.0 Å². The monoisotopic (exact) mass is 386 g/mol. The lowest BCUT2D eigenvalue weighted by molar-refractivity contribution is 0.0930. The molecule has 1 amide bonds. The average Bonchev–Trinajstić information content (AvgIpc) is 3.38. The Bertz CT molecular complexity index is 800. The van der Waals surface area contributed by atoms with Crippen LogP contribution < -0.4 is 20.9 Å². The first-order valence-electron chi connectivity index (χ1n) is 9.83. The molecule has 28 heavy (non-hydrogen) atoms. The van der Waals surface area contributed by atoms with Crippen molar-refractivity contribution < 1.29 is 9.32 Å². The van der Waals surface area contributed by atoms with Gasteiger partial charge in [-0.15, -0.1) is 0 Å². The Balaban J connectivity index is 1.28. The summed E-state index contributed by atoms with van der Waals surface area (Å²) in [7, 11) is 0. The highest BCUT2D eigenvalue weighted by Crippen LogP contribution is 2.19. The standard InChI is InChI=1S/C18H26N8O2/c1-2-15-23-18(28-24-15)25-7-4-14(5-8-25)22-16(27)12-9-20-17(21-10-12)26-6-3-13(19)11-26/h9-10,13-14H,2-8,11,19H2,1H3,(H,22,27)/t13-/m1/s1. The highest BCUT2D eigenvalue weighted by molar-refractivity contribution is 5.93. The fourth-order valence-corrected chi connectivity index (χ4v) is 3.57. The highest BCUT2D eigenvalue weighted by atomic mass is 16.5. The number of hydrogen-bond acceptors (Lipinski definition) is 9. The van der Waals surface area contributed by atoms with Crippen molar-refractivity contribution in [2.45, 2.75) is 44.7 Å². The van der Waals surface area contributed by atoms with E-state index < -0.39 is 0 Å². The number of rotatable bonds is 5. The second kappa shape index (κ2) is 8.09. The summed E-state index contributed by atoms with van der Waals surface area (Å²) in [5.41, 5.74) is 6.39. The van der Waals surface area contributed by atoms with E-state index in [1.807, 2.05) is 11.8 Å². The van der Waals surface area contributed by atoms with Gasteiger partial charge in [0.2, 0.25) is 5.95 Å². The minimum absolute atomic E-state index is 0.105. The van der Waals surface area contributed by atoms with E-state index in [1.165, 1.54) is 0 Å². The smallest absolute Gasteiger partial charge is 0.324 e. The topological polar surface area (TPSA) is 126 Å². The Labute approximate surface area is 163 Å². The molecule has 0 spiro atoms. The predicted molar refractivity (Wildman–Crippen MR) is 103 cm³/mol. The largest absolute Gasteiger partial charge is 0.349 e. The summed E-state index contributed by atoms with van der Waals surface area (Å²) >= 11 is 0. The van der Waals surface area contributed by atoms with Gasteiger partial charge in [0.25, 0.3) is 5.91 Å². The number of anilines is 2. The van der Waals surface area contributed by atoms with Gasteiger partial charge in [0, 0.05) is 57.1 Å².